The number of ether oxygens (including phenoxy) is 1. The largest absolute Gasteiger partial charge is 0.466 e. The van der Waals surface area contributed by atoms with Gasteiger partial charge in [0, 0.05) is 44.7 Å². The molecule has 31 heavy (non-hydrogen) atoms. The lowest BCUT2D eigenvalue weighted by Gasteiger charge is -2.32. The third-order valence-electron chi connectivity index (χ3n) is 6.45. The molecule has 0 radical (unpaired) electrons. The summed E-state index contributed by atoms with van der Waals surface area (Å²) in [4.78, 5) is 29.6. The molecular weight excluding hydrogens is 392 g/mol. The van der Waals surface area contributed by atoms with Crippen molar-refractivity contribution in [3.8, 4) is 0 Å². The summed E-state index contributed by atoms with van der Waals surface area (Å²) < 4.78 is 11.2. The Balaban J connectivity index is 1.44. The minimum atomic E-state index is -0.141. The molecular formula is C25H32N2O4. The van der Waals surface area contributed by atoms with E-state index in [1.54, 1.807) is 0 Å². The summed E-state index contributed by atoms with van der Waals surface area (Å²) in [6.45, 7) is 9.88. The SMILES string of the molecule is CCOC(=O)C1CCN(C(=O)c2c(C)oc3c2CN(Cc2ccc(C)cc2)CC3)CC1. The van der Waals surface area contributed by atoms with Gasteiger partial charge in [-0.3, -0.25) is 14.5 Å². The molecule has 2 aliphatic rings. The normalized spacial score (nSPS) is 17.5. The van der Waals surface area contributed by atoms with E-state index < -0.39 is 0 Å². The fraction of sp³-hybridized carbons (Fsp3) is 0.520. The number of fused-ring (bicyclic) bond motifs is 1. The first kappa shape index (κ1) is 21.6. The van der Waals surface area contributed by atoms with Crippen LogP contribution in [0.5, 0.6) is 0 Å². The van der Waals surface area contributed by atoms with Crippen LogP contribution >= 0.6 is 0 Å². The first-order valence-electron chi connectivity index (χ1n) is 11.3. The molecule has 0 aliphatic carbocycles. The first-order chi connectivity index (χ1) is 15.0. The average Bonchev–Trinajstić information content (AvgIpc) is 3.10. The Morgan fingerprint density at radius 3 is 2.48 bits per heavy atom. The van der Waals surface area contributed by atoms with Crippen LogP contribution in [0.15, 0.2) is 28.7 Å². The Morgan fingerprint density at radius 1 is 1.10 bits per heavy atom. The highest BCUT2D eigenvalue weighted by molar-refractivity contribution is 5.97. The number of rotatable bonds is 5. The van der Waals surface area contributed by atoms with Crippen LogP contribution in [0.1, 0.15) is 58.3 Å². The Morgan fingerprint density at radius 2 is 1.81 bits per heavy atom. The lowest BCUT2D eigenvalue weighted by atomic mass is 9.95. The minimum Gasteiger partial charge on any atom is -0.466 e. The van der Waals surface area contributed by atoms with Crippen molar-refractivity contribution in [1.29, 1.82) is 0 Å². The van der Waals surface area contributed by atoms with Crippen LogP contribution in [0.3, 0.4) is 0 Å². The van der Waals surface area contributed by atoms with E-state index in [4.69, 9.17) is 9.15 Å². The molecule has 0 atom stereocenters. The van der Waals surface area contributed by atoms with Gasteiger partial charge in [-0.05, 0) is 39.2 Å². The molecule has 3 heterocycles. The van der Waals surface area contributed by atoms with Gasteiger partial charge in [-0.1, -0.05) is 29.8 Å². The molecule has 0 bridgehead atoms. The Kier molecular flexibility index (Phi) is 6.46. The molecule has 0 spiro atoms. The van der Waals surface area contributed by atoms with Gasteiger partial charge in [0.05, 0.1) is 18.1 Å². The maximum Gasteiger partial charge on any atom is 0.309 e. The number of carbonyl (C=O) groups excluding carboxylic acids is 2. The van der Waals surface area contributed by atoms with Crippen molar-refractivity contribution < 1.29 is 18.7 Å². The number of hydrogen-bond acceptors (Lipinski definition) is 5. The van der Waals surface area contributed by atoms with Crippen LogP contribution in [-0.2, 0) is 29.0 Å². The number of amides is 1. The fourth-order valence-electron chi connectivity index (χ4n) is 4.68. The van der Waals surface area contributed by atoms with Gasteiger partial charge in [0.15, 0.2) is 0 Å². The van der Waals surface area contributed by atoms with Crippen molar-refractivity contribution >= 4 is 11.9 Å². The molecule has 0 unspecified atom stereocenters. The van der Waals surface area contributed by atoms with E-state index >= 15 is 0 Å². The maximum atomic E-state index is 13.4. The summed E-state index contributed by atoms with van der Waals surface area (Å²) in [6.07, 6.45) is 2.13. The molecule has 6 nitrogen and oxygen atoms in total. The maximum absolute atomic E-state index is 13.4. The van der Waals surface area contributed by atoms with E-state index in [1.165, 1.54) is 11.1 Å². The van der Waals surface area contributed by atoms with Crippen LogP contribution < -0.4 is 0 Å². The van der Waals surface area contributed by atoms with Crippen molar-refractivity contribution in [2.24, 2.45) is 5.92 Å². The van der Waals surface area contributed by atoms with Crippen molar-refractivity contribution in [3.63, 3.8) is 0 Å². The predicted molar refractivity (Wildman–Crippen MR) is 118 cm³/mol. The molecule has 1 amide bonds. The second-order valence-corrected chi connectivity index (χ2v) is 8.70. The van der Waals surface area contributed by atoms with Crippen LogP contribution in [-0.4, -0.2) is 47.9 Å². The third kappa shape index (κ3) is 4.69. The summed E-state index contributed by atoms with van der Waals surface area (Å²) in [6, 6.07) is 8.62. The van der Waals surface area contributed by atoms with Crippen molar-refractivity contribution in [3.05, 3.63) is 58.0 Å². The fourth-order valence-corrected chi connectivity index (χ4v) is 4.68. The van der Waals surface area contributed by atoms with Crippen LogP contribution in [0, 0.1) is 19.8 Å². The lowest BCUT2D eigenvalue weighted by molar-refractivity contribution is -0.149. The summed E-state index contributed by atoms with van der Waals surface area (Å²) in [5.74, 6) is 1.44. The Hall–Kier alpha value is -2.60. The van der Waals surface area contributed by atoms with E-state index in [-0.39, 0.29) is 17.8 Å². The molecule has 6 heteroatoms. The number of furan rings is 1. The van der Waals surface area contributed by atoms with Crippen molar-refractivity contribution in [2.45, 2.75) is 53.1 Å². The third-order valence-corrected chi connectivity index (χ3v) is 6.45. The van der Waals surface area contributed by atoms with Gasteiger partial charge in [-0.2, -0.15) is 0 Å². The number of aryl methyl sites for hydroxylation is 2. The molecule has 0 saturated carbocycles. The quantitative estimate of drug-likeness (QED) is 0.682. The molecule has 4 rings (SSSR count). The summed E-state index contributed by atoms with van der Waals surface area (Å²) in [5, 5.41) is 0. The number of esters is 1. The van der Waals surface area contributed by atoms with Gasteiger partial charge >= 0.3 is 5.97 Å². The number of benzene rings is 1. The molecule has 2 aliphatic heterocycles. The molecule has 1 saturated heterocycles. The zero-order chi connectivity index (χ0) is 22.0. The molecule has 1 aromatic carbocycles. The van der Waals surface area contributed by atoms with E-state index in [0.717, 1.165) is 42.9 Å². The molecule has 0 N–H and O–H groups in total. The first-order valence-corrected chi connectivity index (χ1v) is 11.3. The Labute approximate surface area is 184 Å². The number of carbonyl (C=O) groups is 2. The van der Waals surface area contributed by atoms with Crippen LogP contribution in [0.4, 0.5) is 0 Å². The smallest absolute Gasteiger partial charge is 0.309 e. The second kappa shape index (κ2) is 9.27. The lowest BCUT2D eigenvalue weighted by Crippen LogP contribution is -2.41. The molecule has 166 valence electrons. The summed E-state index contributed by atoms with van der Waals surface area (Å²) in [5.41, 5.74) is 4.30. The van der Waals surface area contributed by atoms with Gasteiger partial charge in [-0.15, -0.1) is 0 Å². The highest BCUT2D eigenvalue weighted by Crippen LogP contribution is 2.31. The molecule has 2 aromatic rings. The van der Waals surface area contributed by atoms with Gasteiger partial charge < -0.3 is 14.1 Å². The zero-order valence-corrected chi connectivity index (χ0v) is 18.8. The van der Waals surface area contributed by atoms with Gasteiger partial charge in [-0.25, -0.2) is 0 Å². The van der Waals surface area contributed by atoms with E-state index in [2.05, 4.69) is 36.1 Å². The number of piperidine rings is 1. The number of hydrogen-bond donors (Lipinski definition) is 0. The molecule has 1 aromatic heterocycles. The van der Waals surface area contributed by atoms with Crippen LogP contribution in [0.2, 0.25) is 0 Å². The topological polar surface area (TPSA) is 63.0 Å². The predicted octanol–water partition coefficient (Wildman–Crippen LogP) is 3.87. The van der Waals surface area contributed by atoms with E-state index in [0.29, 0.717) is 38.3 Å². The van der Waals surface area contributed by atoms with Crippen LogP contribution in [0.25, 0.3) is 0 Å². The Bertz CT molecular complexity index is 939. The average molecular weight is 425 g/mol. The van der Waals surface area contributed by atoms with E-state index in [1.807, 2.05) is 18.7 Å². The summed E-state index contributed by atoms with van der Waals surface area (Å²) >= 11 is 0. The second-order valence-electron chi connectivity index (χ2n) is 8.70. The van der Waals surface area contributed by atoms with Gasteiger partial charge in [0.2, 0.25) is 0 Å². The summed E-state index contributed by atoms with van der Waals surface area (Å²) in [7, 11) is 0. The van der Waals surface area contributed by atoms with E-state index in [9.17, 15) is 9.59 Å². The minimum absolute atomic E-state index is 0.0296. The number of likely N-dealkylation sites (tertiary alicyclic amines) is 1. The number of nitrogens with zero attached hydrogens (tertiary/aromatic N) is 2. The monoisotopic (exact) mass is 424 g/mol. The van der Waals surface area contributed by atoms with Gasteiger partial charge in [0.1, 0.15) is 11.5 Å². The molecule has 1 fully saturated rings. The standard InChI is InChI=1S/C25H32N2O4/c1-4-30-25(29)20-9-13-27(14-10-20)24(28)23-18(3)31-22-11-12-26(16-21(22)23)15-19-7-5-17(2)6-8-19/h5-8,20H,4,9-16H2,1-3H3. The zero-order valence-electron chi connectivity index (χ0n) is 18.8. The van der Waals surface area contributed by atoms with Crippen molar-refractivity contribution in [2.75, 3.05) is 26.2 Å². The van der Waals surface area contributed by atoms with Gasteiger partial charge in [0.25, 0.3) is 5.91 Å². The highest BCUT2D eigenvalue weighted by atomic mass is 16.5. The van der Waals surface area contributed by atoms with Crippen molar-refractivity contribution in [1.82, 2.24) is 9.80 Å². The highest BCUT2D eigenvalue weighted by Gasteiger charge is 2.33.